The summed E-state index contributed by atoms with van der Waals surface area (Å²) in [5.41, 5.74) is 0.873. The molecule has 0 bridgehead atoms. The number of aliphatic hydroxyl groups is 1. The van der Waals surface area contributed by atoms with Crippen LogP contribution in [-0.4, -0.2) is 21.7 Å². The summed E-state index contributed by atoms with van der Waals surface area (Å²) in [6, 6.07) is 0. The minimum Gasteiger partial charge on any atom is -0.388 e. The van der Waals surface area contributed by atoms with E-state index in [4.69, 9.17) is 0 Å². The molecule has 2 saturated carbocycles. The predicted octanol–water partition coefficient (Wildman–Crippen LogP) is 3.63. The van der Waals surface area contributed by atoms with Gasteiger partial charge in [0.15, 0.2) is 0 Å². The molecule has 0 aliphatic heterocycles. The second kappa shape index (κ2) is 4.73. The number of fused-ring (bicyclic) bond motifs is 1. The lowest BCUT2D eigenvalue weighted by Crippen LogP contribution is -2.54. The van der Waals surface area contributed by atoms with Crippen LogP contribution in [0.2, 0.25) is 0 Å². The second-order valence-electron chi connectivity index (χ2n) is 5.45. The van der Waals surface area contributed by atoms with Crippen molar-refractivity contribution in [1.29, 1.82) is 0 Å². The maximum absolute atomic E-state index is 11.0. The molecule has 2 rings (SSSR count). The zero-order chi connectivity index (χ0) is 11.8. The van der Waals surface area contributed by atoms with Gasteiger partial charge in [-0.1, -0.05) is 38.8 Å². The Morgan fingerprint density at radius 2 is 2.25 bits per heavy atom. The summed E-state index contributed by atoms with van der Waals surface area (Å²) in [6.07, 6.45) is 5.71. The van der Waals surface area contributed by atoms with E-state index in [9.17, 15) is 5.11 Å². The van der Waals surface area contributed by atoms with E-state index >= 15 is 0 Å². The fourth-order valence-corrected chi connectivity index (χ4v) is 4.90. The molecule has 0 aromatic carbocycles. The van der Waals surface area contributed by atoms with Crippen LogP contribution in [0.5, 0.6) is 0 Å². The Hall–Kier alpha value is 0.0500. The van der Waals surface area contributed by atoms with E-state index in [0.717, 1.165) is 25.0 Å². The Labute approximate surface area is 104 Å². The molecule has 1 N–H and O–H groups in total. The molecule has 0 spiro atoms. The lowest BCUT2D eigenvalue weighted by Gasteiger charge is -2.51. The number of thioether (sulfide) groups is 1. The molecule has 0 radical (unpaired) electrons. The van der Waals surface area contributed by atoms with Gasteiger partial charge in [0.2, 0.25) is 0 Å². The summed E-state index contributed by atoms with van der Waals surface area (Å²) in [7, 11) is 0. The van der Waals surface area contributed by atoms with E-state index in [1.54, 1.807) is 0 Å². The van der Waals surface area contributed by atoms with Crippen LogP contribution in [0.4, 0.5) is 0 Å². The molecule has 4 unspecified atom stereocenters. The van der Waals surface area contributed by atoms with Gasteiger partial charge in [-0.2, -0.15) is 11.8 Å². The van der Waals surface area contributed by atoms with Gasteiger partial charge in [0.05, 0.1) is 5.60 Å². The van der Waals surface area contributed by atoms with E-state index in [-0.39, 0.29) is 0 Å². The third-order valence-corrected chi connectivity index (χ3v) is 5.83. The predicted molar refractivity (Wildman–Crippen MR) is 71.7 cm³/mol. The Morgan fingerprint density at radius 1 is 1.50 bits per heavy atom. The fraction of sp³-hybridized carbons (Fsp3) is 0.857. The van der Waals surface area contributed by atoms with Crippen molar-refractivity contribution in [3.63, 3.8) is 0 Å². The van der Waals surface area contributed by atoms with Gasteiger partial charge in [0.25, 0.3) is 0 Å². The zero-order valence-corrected chi connectivity index (χ0v) is 11.4. The van der Waals surface area contributed by atoms with Crippen molar-refractivity contribution in [3.8, 4) is 0 Å². The largest absolute Gasteiger partial charge is 0.388 e. The van der Waals surface area contributed by atoms with Crippen LogP contribution < -0.4 is 0 Å². The molecule has 2 aliphatic rings. The summed E-state index contributed by atoms with van der Waals surface area (Å²) < 4.78 is 0. The van der Waals surface area contributed by atoms with Crippen LogP contribution >= 0.6 is 11.8 Å². The smallest absolute Gasteiger partial charge is 0.0830 e. The molecule has 0 amide bonds. The average Bonchev–Trinajstić information content (AvgIpc) is 2.26. The summed E-state index contributed by atoms with van der Waals surface area (Å²) in [5, 5.41) is 11.4. The molecule has 0 saturated heterocycles. The van der Waals surface area contributed by atoms with E-state index < -0.39 is 5.60 Å². The Bertz CT molecular complexity index is 276. The van der Waals surface area contributed by atoms with Crippen LogP contribution in [0, 0.1) is 11.8 Å². The van der Waals surface area contributed by atoms with Gasteiger partial charge in [0.1, 0.15) is 0 Å². The monoisotopic (exact) mass is 240 g/mol. The third-order valence-electron chi connectivity index (χ3n) is 4.50. The molecule has 0 heterocycles. The van der Waals surface area contributed by atoms with E-state index in [0.29, 0.717) is 17.1 Å². The van der Waals surface area contributed by atoms with Crippen molar-refractivity contribution in [2.75, 3.05) is 5.75 Å². The minimum atomic E-state index is -0.442. The summed E-state index contributed by atoms with van der Waals surface area (Å²) in [5.74, 6) is 2.07. The van der Waals surface area contributed by atoms with Crippen molar-refractivity contribution < 1.29 is 5.11 Å². The molecule has 92 valence electrons. The first kappa shape index (κ1) is 12.5. The van der Waals surface area contributed by atoms with Crippen molar-refractivity contribution in [3.05, 3.63) is 12.2 Å². The minimum absolute atomic E-state index is 0.369. The highest BCUT2D eigenvalue weighted by molar-refractivity contribution is 7.99. The highest BCUT2D eigenvalue weighted by Gasteiger charge is 2.50. The molecule has 2 fully saturated rings. The SMILES string of the molecule is C=C1C(C)CC(SCC)C2(O)CCCCC12. The molecule has 0 aromatic rings. The third kappa shape index (κ3) is 1.95. The average molecular weight is 240 g/mol. The maximum atomic E-state index is 11.0. The molecular formula is C14H24OS. The summed E-state index contributed by atoms with van der Waals surface area (Å²) >= 11 is 1.95. The Balaban J connectivity index is 2.24. The van der Waals surface area contributed by atoms with Crippen molar-refractivity contribution >= 4 is 11.8 Å². The molecule has 2 aliphatic carbocycles. The molecule has 16 heavy (non-hydrogen) atoms. The van der Waals surface area contributed by atoms with Gasteiger partial charge in [-0.25, -0.2) is 0 Å². The molecule has 0 aromatic heterocycles. The molecular weight excluding hydrogens is 216 g/mol. The maximum Gasteiger partial charge on any atom is 0.0830 e. The van der Waals surface area contributed by atoms with Crippen LogP contribution in [0.25, 0.3) is 0 Å². The van der Waals surface area contributed by atoms with Crippen LogP contribution in [-0.2, 0) is 0 Å². The highest BCUT2D eigenvalue weighted by atomic mass is 32.2. The van der Waals surface area contributed by atoms with Crippen molar-refractivity contribution in [2.24, 2.45) is 11.8 Å². The number of hydrogen-bond donors (Lipinski definition) is 1. The highest BCUT2D eigenvalue weighted by Crippen LogP contribution is 2.51. The lowest BCUT2D eigenvalue weighted by atomic mass is 9.62. The first-order valence-corrected chi connectivity index (χ1v) is 7.67. The zero-order valence-electron chi connectivity index (χ0n) is 10.5. The Morgan fingerprint density at radius 3 is 2.94 bits per heavy atom. The molecule has 4 atom stereocenters. The standard InChI is InChI=1S/C14H24OS/c1-4-16-13-9-10(2)11(3)12-7-5-6-8-14(12,13)15/h10,12-13,15H,3-9H2,1-2H3. The van der Waals surface area contributed by atoms with Crippen LogP contribution in [0.3, 0.4) is 0 Å². The van der Waals surface area contributed by atoms with E-state index in [1.807, 2.05) is 11.8 Å². The topological polar surface area (TPSA) is 20.2 Å². The molecule has 1 nitrogen and oxygen atoms in total. The Kier molecular flexibility index (Phi) is 3.70. The van der Waals surface area contributed by atoms with Gasteiger partial charge in [-0.15, -0.1) is 0 Å². The van der Waals surface area contributed by atoms with Gasteiger partial charge in [-0.05, 0) is 30.9 Å². The van der Waals surface area contributed by atoms with Gasteiger partial charge in [0, 0.05) is 11.2 Å². The van der Waals surface area contributed by atoms with Gasteiger partial charge in [-0.3, -0.25) is 0 Å². The first-order valence-electron chi connectivity index (χ1n) is 6.62. The number of rotatable bonds is 2. The lowest BCUT2D eigenvalue weighted by molar-refractivity contribution is -0.0542. The van der Waals surface area contributed by atoms with Crippen molar-refractivity contribution in [2.45, 2.75) is 56.8 Å². The first-order chi connectivity index (χ1) is 7.59. The van der Waals surface area contributed by atoms with E-state index in [2.05, 4.69) is 20.4 Å². The second-order valence-corrected chi connectivity index (χ2v) is 6.92. The van der Waals surface area contributed by atoms with Crippen LogP contribution in [0.15, 0.2) is 12.2 Å². The van der Waals surface area contributed by atoms with Gasteiger partial charge < -0.3 is 5.11 Å². The summed E-state index contributed by atoms with van der Waals surface area (Å²) in [6.45, 7) is 8.72. The molecule has 2 heteroatoms. The van der Waals surface area contributed by atoms with Crippen molar-refractivity contribution in [1.82, 2.24) is 0 Å². The van der Waals surface area contributed by atoms with Gasteiger partial charge >= 0.3 is 0 Å². The normalized spacial score (nSPS) is 44.2. The van der Waals surface area contributed by atoms with Crippen LogP contribution in [0.1, 0.15) is 46.0 Å². The number of hydrogen-bond acceptors (Lipinski definition) is 2. The quantitative estimate of drug-likeness (QED) is 0.744. The fourth-order valence-electron chi connectivity index (χ4n) is 3.51. The van der Waals surface area contributed by atoms with E-state index in [1.165, 1.54) is 18.4 Å². The summed E-state index contributed by atoms with van der Waals surface area (Å²) in [4.78, 5) is 0.